The first-order valence-electron chi connectivity index (χ1n) is 6.40. The second-order valence-electron chi connectivity index (χ2n) is 4.80. The Hall–Kier alpha value is -1.40. The number of nitrogens with one attached hydrogen (secondary N) is 1. The molecule has 6 heteroatoms. The van der Waals surface area contributed by atoms with Crippen molar-refractivity contribution in [3.8, 4) is 0 Å². The normalized spacial score (nSPS) is 13.3. The predicted octanol–water partition coefficient (Wildman–Crippen LogP) is 2.83. The summed E-state index contributed by atoms with van der Waals surface area (Å²) in [4.78, 5) is 0. The summed E-state index contributed by atoms with van der Waals surface area (Å²) in [5.74, 6) is 0. The van der Waals surface area contributed by atoms with Gasteiger partial charge in [-0.2, -0.15) is 17.4 Å². The van der Waals surface area contributed by atoms with Crippen LogP contribution in [0.5, 0.6) is 0 Å². The molecule has 0 amide bonds. The van der Waals surface area contributed by atoms with Crippen LogP contribution in [-0.4, -0.2) is 26.8 Å². The number of hydrogen-bond donors (Lipinski definition) is 1. The Kier molecular flexibility index (Phi) is 5.00. The number of nitrogens with zero attached hydrogens (tertiary/aromatic N) is 1. The molecule has 21 heavy (non-hydrogen) atoms. The fraction of sp³-hybridized carbons (Fsp3) is 0.200. The Morgan fingerprint density at radius 1 is 0.952 bits per heavy atom. The van der Waals surface area contributed by atoms with Gasteiger partial charge < -0.3 is 0 Å². The van der Waals surface area contributed by atoms with Gasteiger partial charge in [-0.05, 0) is 23.3 Å². The summed E-state index contributed by atoms with van der Waals surface area (Å²) in [5.41, 5.74) is 1.70. The van der Waals surface area contributed by atoms with Crippen molar-refractivity contribution in [1.29, 1.82) is 0 Å². The molecule has 0 saturated heterocycles. The van der Waals surface area contributed by atoms with Crippen LogP contribution in [0, 0.1) is 0 Å². The maximum absolute atomic E-state index is 12.1. The van der Waals surface area contributed by atoms with Gasteiger partial charge in [0.15, 0.2) is 0 Å². The Morgan fingerprint density at radius 3 is 2.00 bits per heavy atom. The molecule has 0 aliphatic heterocycles. The van der Waals surface area contributed by atoms with Crippen LogP contribution in [0.1, 0.15) is 17.2 Å². The van der Waals surface area contributed by atoms with Crippen LogP contribution in [-0.2, 0) is 10.2 Å². The monoisotopic (exact) mass is 324 g/mol. The molecule has 0 aliphatic rings. The molecule has 0 heterocycles. The first-order chi connectivity index (χ1) is 9.90. The van der Waals surface area contributed by atoms with E-state index in [0.29, 0.717) is 5.02 Å². The van der Waals surface area contributed by atoms with Gasteiger partial charge in [0, 0.05) is 19.1 Å². The minimum Gasteiger partial charge on any atom is -0.195 e. The molecule has 0 aromatic heterocycles. The molecule has 2 aromatic rings. The molecule has 0 fully saturated rings. The quantitative estimate of drug-likeness (QED) is 0.919. The fourth-order valence-corrected chi connectivity index (χ4v) is 2.79. The highest BCUT2D eigenvalue weighted by Crippen LogP contribution is 2.24. The minimum atomic E-state index is -3.55. The molecule has 2 rings (SSSR count). The molecule has 4 nitrogen and oxygen atoms in total. The van der Waals surface area contributed by atoms with Crippen molar-refractivity contribution in [2.45, 2.75) is 6.04 Å². The van der Waals surface area contributed by atoms with Gasteiger partial charge in [0.05, 0.1) is 6.04 Å². The van der Waals surface area contributed by atoms with Crippen molar-refractivity contribution in [3.63, 3.8) is 0 Å². The molecule has 0 radical (unpaired) electrons. The number of hydrogen-bond acceptors (Lipinski definition) is 2. The molecule has 1 atom stereocenters. The smallest absolute Gasteiger partial charge is 0.195 e. The molecule has 0 aliphatic carbocycles. The van der Waals surface area contributed by atoms with E-state index in [2.05, 4.69) is 4.72 Å². The lowest BCUT2D eigenvalue weighted by Gasteiger charge is -2.22. The molecule has 1 N–H and O–H groups in total. The summed E-state index contributed by atoms with van der Waals surface area (Å²) in [5, 5.41) is 0.612. The molecular weight excluding hydrogens is 308 g/mol. The Morgan fingerprint density at radius 2 is 1.48 bits per heavy atom. The van der Waals surface area contributed by atoms with Crippen molar-refractivity contribution in [2.75, 3.05) is 14.1 Å². The van der Waals surface area contributed by atoms with E-state index in [-0.39, 0.29) is 0 Å². The average Bonchev–Trinajstić information content (AvgIpc) is 2.47. The van der Waals surface area contributed by atoms with Crippen LogP contribution in [0.3, 0.4) is 0 Å². The van der Waals surface area contributed by atoms with Gasteiger partial charge in [0.25, 0.3) is 10.2 Å². The lowest BCUT2D eigenvalue weighted by atomic mass is 10.00. The highest BCUT2D eigenvalue weighted by molar-refractivity contribution is 7.87. The van der Waals surface area contributed by atoms with Gasteiger partial charge in [0.2, 0.25) is 0 Å². The third-order valence-corrected chi connectivity index (χ3v) is 4.83. The zero-order valence-electron chi connectivity index (χ0n) is 11.8. The third kappa shape index (κ3) is 4.04. The van der Waals surface area contributed by atoms with E-state index in [4.69, 9.17) is 11.6 Å². The molecule has 1 unspecified atom stereocenters. The highest BCUT2D eigenvalue weighted by atomic mass is 35.5. The zero-order valence-corrected chi connectivity index (χ0v) is 13.4. The molecule has 0 saturated carbocycles. The van der Waals surface area contributed by atoms with Crippen molar-refractivity contribution < 1.29 is 8.42 Å². The van der Waals surface area contributed by atoms with Crippen LogP contribution in [0.25, 0.3) is 0 Å². The second kappa shape index (κ2) is 6.58. The van der Waals surface area contributed by atoms with Crippen molar-refractivity contribution in [1.82, 2.24) is 9.03 Å². The molecule has 0 spiro atoms. The van der Waals surface area contributed by atoms with Gasteiger partial charge in [0.1, 0.15) is 0 Å². The van der Waals surface area contributed by atoms with Crippen molar-refractivity contribution >= 4 is 21.8 Å². The van der Waals surface area contributed by atoms with Gasteiger partial charge in [-0.1, -0.05) is 54.1 Å². The topological polar surface area (TPSA) is 49.4 Å². The molecule has 2 aromatic carbocycles. The lowest BCUT2D eigenvalue weighted by Crippen LogP contribution is -2.38. The maximum atomic E-state index is 12.1. The largest absolute Gasteiger partial charge is 0.279 e. The number of halogens is 1. The third-order valence-electron chi connectivity index (χ3n) is 3.08. The van der Waals surface area contributed by atoms with Crippen LogP contribution in [0.15, 0.2) is 54.6 Å². The molecular formula is C15H17ClN2O2S. The predicted molar refractivity (Wildman–Crippen MR) is 85.5 cm³/mol. The van der Waals surface area contributed by atoms with E-state index >= 15 is 0 Å². The molecule has 0 bridgehead atoms. The van der Waals surface area contributed by atoms with Crippen LogP contribution in [0.4, 0.5) is 0 Å². The number of rotatable bonds is 5. The van der Waals surface area contributed by atoms with Gasteiger partial charge in [-0.25, -0.2) is 0 Å². The summed E-state index contributed by atoms with van der Waals surface area (Å²) < 4.78 is 28.1. The summed E-state index contributed by atoms with van der Waals surface area (Å²) in [6, 6.07) is 16.1. The van der Waals surface area contributed by atoms with E-state index in [0.717, 1.165) is 15.4 Å². The van der Waals surface area contributed by atoms with E-state index in [9.17, 15) is 8.42 Å². The second-order valence-corrected chi connectivity index (χ2v) is 7.15. The maximum Gasteiger partial charge on any atom is 0.279 e. The summed E-state index contributed by atoms with van der Waals surface area (Å²) in [6.45, 7) is 0. The summed E-state index contributed by atoms with van der Waals surface area (Å²) >= 11 is 5.90. The zero-order chi connectivity index (χ0) is 15.5. The standard InChI is InChI=1S/C15H17ClN2O2S/c1-18(2)21(19,20)17-15(12-6-4-3-5-7-12)13-8-10-14(16)11-9-13/h3-11,15,17H,1-2H3. The van der Waals surface area contributed by atoms with E-state index in [1.54, 1.807) is 12.1 Å². The van der Waals surface area contributed by atoms with Crippen molar-refractivity contribution in [3.05, 3.63) is 70.7 Å². The Bertz CT molecular complexity index is 685. The first-order valence-corrected chi connectivity index (χ1v) is 8.22. The average molecular weight is 325 g/mol. The fourth-order valence-electron chi connectivity index (χ4n) is 1.88. The SMILES string of the molecule is CN(C)S(=O)(=O)NC(c1ccccc1)c1ccc(Cl)cc1. The van der Waals surface area contributed by atoms with Crippen LogP contribution in [0.2, 0.25) is 5.02 Å². The Labute approximate surface area is 130 Å². The van der Waals surface area contributed by atoms with Crippen LogP contribution < -0.4 is 4.72 Å². The number of benzene rings is 2. The van der Waals surface area contributed by atoms with E-state index in [1.807, 2.05) is 42.5 Å². The summed E-state index contributed by atoms with van der Waals surface area (Å²) in [7, 11) is -0.569. The van der Waals surface area contributed by atoms with Gasteiger partial charge >= 0.3 is 0 Å². The van der Waals surface area contributed by atoms with Crippen molar-refractivity contribution in [2.24, 2.45) is 0 Å². The Balaban J connectivity index is 2.43. The van der Waals surface area contributed by atoms with Crippen LogP contribution >= 0.6 is 11.6 Å². The first kappa shape index (κ1) is 16.0. The molecule has 112 valence electrons. The van der Waals surface area contributed by atoms with Gasteiger partial charge in [-0.15, -0.1) is 0 Å². The minimum absolute atomic E-state index is 0.462. The van der Waals surface area contributed by atoms with E-state index in [1.165, 1.54) is 14.1 Å². The van der Waals surface area contributed by atoms with E-state index < -0.39 is 16.3 Å². The van der Waals surface area contributed by atoms with Gasteiger partial charge in [-0.3, -0.25) is 0 Å². The highest BCUT2D eigenvalue weighted by Gasteiger charge is 2.22. The lowest BCUT2D eigenvalue weighted by molar-refractivity contribution is 0.498. The summed E-state index contributed by atoms with van der Waals surface area (Å²) in [6.07, 6.45) is 0.